The van der Waals surface area contributed by atoms with Crippen LogP contribution in [0.4, 0.5) is 5.69 Å². The maximum absolute atomic E-state index is 14.1. The molecule has 0 aliphatic rings. The number of carbonyl (C=O) groups is 2. The lowest BCUT2D eigenvalue weighted by molar-refractivity contribution is -0.140. The second-order valence-electron chi connectivity index (χ2n) is 10.2. The van der Waals surface area contributed by atoms with Crippen LogP contribution < -0.4 is 9.62 Å². The molecule has 0 radical (unpaired) electrons. The van der Waals surface area contributed by atoms with Crippen molar-refractivity contribution in [2.24, 2.45) is 5.92 Å². The molecular formula is C30H35BrClN3O4S. The fraction of sp³-hybridized carbons (Fsp3) is 0.333. The Morgan fingerprint density at radius 1 is 0.975 bits per heavy atom. The zero-order chi connectivity index (χ0) is 29.4. The predicted molar refractivity (Wildman–Crippen MR) is 165 cm³/mol. The first-order valence-electron chi connectivity index (χ1n) is 12.9. The number of amides is 2. The van der Waals surface area contributed by atoms with E-state index in [1.165, 1.54) is 11.0 Å². The molecule has 3 rings (SSSR count). The Balaban J connectivity index is 2.06. The Morgan fingerprint density at radius 2 is 1.65 bits per heavy atom. The van der Waals surface area contributed by atoms with Gasteiger partial charge in [0.25, 0.3) is 0 Å². The van der Waals surface area contributed by atoms with Crippen molar-refractivity contribution in [1.29, 1.82) is 0 Å². The number of anilines is 1. The maximum Gasteiger partial charge on any atom is 0.244 e. The van der Waals surface area contributed by atoms with E-state index in [4.69, 9.17) is 11.6 Å². The molecule has 214 valence electrons. The third-order valence-electron chi connectivity index (χ3n) is 6.32. The number of nitrogens with zero attached hydrogens (tertiary/aromatic N) is 2. The van der Waals surface area contributed by atoms with Crippen LogP contribution in [-0.4, -0.2) is 50.5 Å². The van der Waals surface area contributed by atoms with Gasteiger partial charge >= 0.3 is 0 Å². The third kappa shape index (κ3) is 9.08. The smallest absolute Gasteiger partial charge is 0.244 e. The molecule has 7 nitrogen and oxygen atoms in total. The minimum absolute atomic E-state index is 0.108. The van der Waals surface area contributed by atoms with Gasteiger partial charge < -0.3 is 10.2 Å². The molecule has 10 heteroatoms. The van der Waals surface area contributed by atoms with Gasteiger partial charge in [0.1, 0.15) is 12.6 Å². The van der Waals surface area contributed by atoms with Crippen LogP contribution >= 0.6 is 27.5 Å². The van der Waals surface area contributed by atoms with E-state index in [2.05, 4.69) is 21.2 Å². The van der Waals surface area contributed by atoms with Crippen LogP contribution in [-0.2, 0) is 32.6 Å². The summed E-state index contributed by atoms with van der Waals surface area (Å²) in [5.41, 5.74) is 2.73. The summed E-state index contributed by atoms with van der Waals surface area (Å²) in [4.78, 5) is 29.2. The molecule has 0 saturated carbocycles. The highest BCUT2D eigenvalue weighted by Gasteiger charge is 2.33. The summed E-state index contributed by atoms with van der Waals surface area (Å²) in [7, 11) is -3.86. The monoisotopic (exact) mass is 647 g/mol. The molecule has 0 aromatic heterocycles. The first-order chi connectivity index (χ1) is 18.8. The van der Waals surface area contributed by atoms with Gasteiger partial charge in [-0.2, -0.15) is 0 Å². The quantitative estimate of drug-likeness (QED) is 0.278. The van der Waals surface area contributed by atoms with Crippen molar-refractivity contribution in [2.45, 2.75) is 39.8 Å². The number of sulfonamides is 1. The van der Waals surface area contributed by atoms with E-state index in [-0.39, 0.29) is 30.5 Å². The lowest BCUT2D eigenvalue weighted by Gasteiger charge is -2.33. The van der Waals surface area contributed by atoms with Crippen molar-refractivity contribution in [3.63, 3.8) is 0 Å². The summed E-state index contributed by atoms with van der Waals surface area (Å²) in [5.74, 6) is -0.601. The van der Waals surface area contributed by atoms with E-state index in [0.29, 0.717) is 11.6 Å². The fourth-order valence-electron chi connectivity index (χ4n) is 4.16. The Kier molecular flexibility index (Phi) is 11.2. The van der Waals surface area contributed by atoms with Gasteiger partial charge in [0.2, 0.25) is 21.8 Å². The lowest BCUT2D eigenvalue weighted by Crippen LogP contribution is -2.53. The van der Waals surface area contributed by atoms with Crippen LogP contribution in [0.5, 0.6) is 0 Å². The van der Waals surface area contributed by atoms with Crippen LogP contribution in [0.1, 0.15) is 30.5 Å². The Hall–Kier alpha value is -2.88. The molecule has 0 unspecified atom stereocenters. The molecule has 0 saturated heterocycles. The minimum Gasteiger partial charge on any atom is -0.354 e. The molecule has 0 aliphatic carbocycles. The Morgan fingerprint density at radius 3 is 2.25 bits per heavy atom. The van der Waals surface area contributed by atoms with Crippen molar-refractivity contribution in [1.82, 2.24) is 10.2 Å². The minimum atomic E-state index is -3.86. The van der Waals surface area contributed by atoms with Crippen LogP contribution in [0.15, 0.2) is 77.3 Å². The van der Waals surface area contributed by atoms with E-state index in [1.807, 2.05) is 75.4 Å². The summed E-state index contributed by atoms with van der Waals surface area (Å²) >= 11 is 9.77. The molecule has 1 N–H and O–H groups in total. The van der Waals surface area contributed by atoms with Crippen molar-refractivity contribution >= 4 is 55.1 Å². The molecule has 2 amide bonds. The molecule has 40 heavy (non-hydrogen) atoms. The number of hydrogen-bond acceptors (Lipinski definition) is 4. The molecule has 0 bridgehead atoms. The van der Waals surface area contributed by atoms with Gasteiger partial charge in [0, 0.05) is 29.0 Å². The van der Waals surface area contributed by atoms with Crippen LogP contribution in [0.25, 0.3) is 0 Å². The van der Waals surface area contributed by atoms with Gasteiger partial charge in [-0.05, 0) is 53.8 Å². The molecule has 3 aromatic rings. The van der Waals surface area contributed by atoms with Crippen molar-refractivity contribution in [3.8, 4) is 0 Å². The number of halogens is 2. The lowest BCUT2D eigenvalue weighted by atomic mass is 10.0. The predicted octanol–water partition coefficient (Wildman–Crippen LogP) is 5.59. The zero-order valence-corrected chi connectivity index (χ0v) is 26.3. The fourth-order valence-corrected chi connectivity index (χ4v) is 5.62. The van der Waals surface area contributed by atoms with E-state index >= 15 is 0 Å². The highest BCUT2D eigenvalue weighted by atomic mass is 79.9. The number of nitrogens with one attached hydrogen (secondary N) is 1. The average molecular weight is 649 g/mol. The molecule has 0 spiro atoms. The SMILES string of the molecule is Cc1ccc(N(CC(=O)N(Cc2cccc(Br)c2)[C@H](Cc2ccccc2)C(=O)NCC(C)C)S(C)(=O)=O)cc1Cl. The number of benzene rings is 3. The standard InChI is InChI=1S/C30H35BrClN3O4S/c1-21(2)18-33-30(37)28(16-23-9-6-5-7-10-23)34(19-24-11-8-12-25(31)15-24)29(36)20-35(40(4,38)39)26-14-13-22(3)27(32)17-26/h5-15,17,21,28H,16,18-20H2,1-4H3,(H,33,37)/t28-/m1/s1. The van der Waals surface area contributed by atoms with E-state index in [1.54, 1.807) is 12.1 Å². The average Bonchev–Trinajstić information content (AvgIpc) is 2.89. The van der Waals surface area contributed by atoms with Crippen LogP contribution in [0.2, 0.25) is 5.02 Å². The van der Waals surface area contributed by atoms with Crippen molar-refractivity contribution in [2.75, 3.05) is 23.7 Å². The summed E-state index contributed by atoms with van der Waals surface area (Å²) in [5, 5.41) is 3.36. The highest BCUT2D eigenvalue weighted by molar-refractivity contribution is 9.10. The number of aryl methyl sites for hydroxylation is 1. The van der Waals surface area contributed by atoms with Gasteiger partial charge in [-0.15, -0.1) is 0 Å². The van der Waals surface area contributed by atoms with Crippen LogP contribution in [0, 0.1) is 12.8 Å². The van der Waals surface area contributed by atoms with Gasteiger partial charge in [-0.1, -0.05) is 89.9 Å². The molecule has 3 aromatic carbocycles. The first-order valence-corrected chi connectivity index (χ1v) is 16.0. The molecular weight excluding hydrogens is 614 g/mol. The number of carbonyl (C=O) groups excluding carboxylic acids is 2. The molecule has 0 aliphatic heterocycles. The van der Waals surface area contributed by atoms with E-state index in [0.717, 1.165) is 31.7 Å². The first kappa shape index (κ1) is 31.6. The maximum atomic E-state index is 14.1. The Labute approximate surface area is 250 Å². The normalized spacial score (nSPS) is 12.2. The third-order valence-corrected chi connectivity index (χ3v) is 8.36. The second-order valence-corrected chi connectivity index (χ2v) is 13.4. The van der Waals surface area contributed by atoms with Crippen molar-refractivity contribution < 1.29 is 18.0 Å². The van der Waals surface area contributed by atoms with Gasteiger partial charge in [-0.3, -0.25) is 13.9 Å². The Bertz CT molecular complexity index is 1430. The van der Waals surface area contributed by atoms with Crippen LogP contribution in [0.3, 0.4) is 0 Å². The molecule has 1 atom stereocenters. The van der Waals surface area contributed by atoms with E-state index in [9.17, 15) is 18.0 Å². The zero-order valence-electron chi connectivity index (χ0n) is 23.1. The van der Waals surface area contributed by atoms with Gasteiger partial charge in [-0.25, -0.2) is 8.42 Å². The molecule has 0 fully saturated rings. The van der Waals surface area contributed by atoms with Gasteiger partial charge in [0.15, 0.2) is 0 Å². The second kappa shape index (κ2) is 14.1. The number of hydrogen-bond donors (Lipinski definition) is 1. The topological polar surface area (TPSA) is 86.8 Å². The van der Waals surface area contributed by atoms with Crippen molar-refractivity contribution in [3.05, 3.63) is 99.0 Å². The number of rotatable bonds is 12. The van der Waals surface area contributed by atoms with Gasteiger partial charge in [0.05, 0.1) is 11.9 Å². The summed E-state index contributed by atoms with van der Waals surface area (Å²) in [6, 6.07) is 20.9. The summed E-state index contributed by atoms with van der Waals surface area (Å²) < 4.78 is 27.6. The van der Waals surface area contributed by atoms with E-state index < -0.39 is 28.5 Å². The summed E-state index contributed by atoms with van der Waals surface area (Å²) in [6.07, 6.45) is 1.31. The summed E-state index contributed by atoms with van der Waals surface area (Å²) in [6.45, 7) is 5.86. The largest absolute Gasteiger partial charge is 0.354 e. The highest BCUT2D eigenvalue weighted by Crippen LogP contribution is 2.26. The molecule has 0 heterocycles.